The van der Waals surface area contributed by atoms with Gasteiger partial charge in [-0.3, -0.25) is 19.2 Å². The number of carbonyl (C=O) groups is 5. The molecule has 0 saturated carbocycles. The highest BCUT2D eigenvalue weighted by atomic mass is 32.2. The number of amides is 4. The minimum absolute atomic E-state index is 0.173. The van der Waals surface area contributed by atoms with Crippen molar-refractivity contribution in [3.63, 3.8) is 0 Å². The Balaban J connectivity index is 0.000000944. The lowest BCUT2D eigenvalue weighted by Gasteiger charge is -2.31. The van der Waals surface area contributed by atoms with E-state index in [0.29, 0.717) is 5.75 Å². The molecule has 0 aliphatic carbocycles. The van der Waals surface area contributed by atoms with Crippen molar-refractivity contribution in [1.82, 2.24) is 35.8 Å². The van der Waals surface area contributed by atoms with Gasteiger partial charge in [-0.15, -0.1) is 16.9 Å². The van der Waals surface area contributed by atoms with Gasteiger partial charge in [-0.1, -0.05) is 67.6 Å². The average molecular weight is 749 g/mol. The molecule has 0 unspecified atom stereocenters. The molecule has 4 amide bonds. The summed E-state index contributed by atoms with van der Waals surface area (Å²) < 4.78 is 33.4. The van der Waals surface area contributed by atoms with E-state index in [1.165, 1.54) is 4.90 Å². The second-order valence-electron chi connectivity index (χ2n) is 12.4. The number of rotatable bonds is 14. The van der Waals surface area contributed by atoms with Gasteiger partial charge in [0.15, 0.2) is 0 Å². The maximum absolute atomic E-state index is 14.1. The van der Waals surface area contributed by atoms with Crippen LogP contribution in [-0.4, -0.2) is 98.5 Å². The van der Waals surface area contributed by atoms with E-state index in [2.05, 4.69) is 26.3 Å². The number of aliphatic carboxylic acids is 1. The molecule has 4 rings (SSSR count). The molecule has 282 valence electrons. The average Bonchev–Trinajstić information content (AvgIpc) is 3.77. The van der Waals surface area contributed by atoms with Gasteiger partial charge in [-0.05, 0) is 37.6 Å². The molecule has 1 fully saturated rings. The number of aromatic nitrogens is 3. The quantitative estimate of drug-likeness (QED) is 0.152. The Hall–Kier alpha value is -4.97. The fraction of sp³-hybridized carbons (Fsp3) is 0.441. The summed E-state index contributed by atoms with van der Waals surface area (Å²) in [6, 6.07) is 15.6. The molecular weight excluding hydrogens is 705 g/mol. The summed E-state index contributed by atoms with van der Waals surface area (Å²) in [5, 5.41) is 24.3. The number of carbonyl (C=O) groups excluding carboxylic acids is 4. The molecule has 1 aliphatic rings. The van der Waals surface area contributed by atoms with Crippen molar-refractivity contribution in [3.05, 3.63) is 78.1 Å². The third-order valence-corrected chi connectivity index (χ3v) is 9.21. The topological polar surface area (TPSA) is 202 Å². The van der Waals surface area contributed by atoms with E-state index in [1.54, 1.807) is 30.4 Å². The second-order valence-corrected chi connectivity index (χ2v) is 13.4. The molecule has 1 saturated heterocycles. The number of carboxylic acid groups (broad SMARTS) is 1. The van der Waals surface area contributed by atoms with Gasteiger partial charge in [0.05, 0.1) is 17.8 Å². The van der Waals surface area contributed by atoms with Crippen molar-refractivity contribution < 1.29 is 42.3 Å². The van der Waals surface area contributed by atoms with Crippen LogP contribution in [0.15, 0.2) is 71.8 Å². The zero-order valence-corrected chi connectivity index (χ0v) is 29.9. The third kappa shape index (κ3) is 12.1. The van der Waals surface area contributed by atoms with Crippen LogP contribution in [0.1, 0.15) is 44.5 Å². The Morgan fingerprint density at radius 3 is 2.13 bits per heavy atom. The number of hydrogen-bond donors (Lipinski definition) is 5. The minimum atomic E-state index is -5.08. The first-order chi connectivity index (χ1) is 24.5. The summed E-state index contributed by atoms with van der Waals surface area (Å²) in [7, 11) is 1.66. The largest absolute Gasteiger partial charge is 0.490 e. The number of primary amides is 1. The van der Waals surface area contributed by atoms with E-state index < -0.39 is 48.1 Å². The molecule has 0 spiro atoms. The van der Waals surface area contributed by atoms with Crippen LogP contribution in [0.25, 0.3) is 0 Å². The molecule has 3 aromatic rings. The van der Waals surface area contributed by atoms with Gasteiger partial charge in [-0.2, -0.15) is 13.2 Å². The van der Waals surface area contributed by atoms with Crippen LogP contribution in [0, 0.1) is 5.92 Å². The van der Waals surface area contributed by atoms with Gasteiger partial charge in [0.1, 0.15) is 18.1 Å². The first-order valence-electron chi connectivity index (χ1n) is 16.3. The molecule has 52 heavy (non-hydrogen) atoms. The predicted molar refractivity (Wildman–Crippen MR) is 185 cm³/mol. The fourth-order valence-corrected chi connectivity index (χ4v) is 5.97. The number of nitrogens with zero attached hydrogens (tertiary/aromatic N) is 4. The standard InChI is InChI=1S/C32H42N8O4S.C2HF3O2/c1-20(2)28(36-30(42)21(3)34-4)32(44)39-18-24(40-17-23(37-38-40)19-45-25-13-9-6-10-14-25)16-27(39)31(43)35-26(29(33)41)15-22-11-7-5-8-12-22;3-2(4,5)1(6)7/h5-14,17,20-21,24,26-28,34H,15-16,18-19H2,1-4H3,(H2,33,41)(H,35,43)(H,36,42);(H,6,7)/t21-,24-,26-,27-,28-;/m0./s1. The molecule has 5 atom stereocenters. The van der Waals surface area contributed by atoms with Crippen LogP contribution < -0.4 is 21.7 Å². The lowest BCUT2D eigenvalue weighted by molar-refractivity contribution is -0.192. The number of nitrogens with two attached hydrogens (primary N) is 1. The maximum atomic E-state index is 14.1. The normalized spacial score (nSPS) is 17.3. The van der Waals surface area contributed by atoms with Crippen LogP contribution in [0.3, 0.4) is 0 Å². The summed E-state index contributed by atoms with van der Waals surface area (Å²) in [6.07, 6.45) is -2.79. The van der Waals surface area contributed by atoms with Gasteiger partial charge in [0, 0.05) is 36.2 Å². The molecular formula is C34H43F3N8O6S. The van der Waals surface area contributed by atoms with Gasteiger partial charge in [0.25, 0.3) is 0 Å². The van der Waals surface area contributed by atoms with E-state index >= 15 is 0 Å². The van der Waals surface area contributed by atoms with E-state index in [-0.39, 0.29) is 43.2 Å². The SMILES string of the molecule is CN[C@@H](C)C(=O)N[C@H](C(=O)N1C[C@@H](n2cc(CSc3ccccc3)nn2)C[C@H]1C(=O)N[C@@H](Cc1ccccc1)C(N)=O)C(C)C.O=C(O)C(F)(F)F. The Labute approximate surface area is 303 Å². The number of likely N-dealkylation sites (N-methyl/N-ethyl adjacent to an activating group) is 1. The molecule has 18 heteroatoms. The molecule has 6 N–H and O–H groups in total. The summed E-state index contributed by atoms with van der Waals surface area (Å²) in [5.74, 6) is -4.29. The summed E-state index contributed by atoms with van der Waals surface area (Å²) in [5.41, 5.74) is 7.29. The number of hydrogen-bond acceptors (Lipinski definition) is 9. The maximum Gasteiger partial charge on any atom is 0.490 e. The van der Waals surface area contributed by atoms with Crippen molar-refractivity contribution in [2.75, 3.05) is 13.6 Å². The molecule has 1 aromatic heterocycles. The van der Waals surface area contributed by atoms with Crippen LogP contribution in [0.2, 0.25) is 0 Å². The molecule has 2 heterocycles. The van der Waals surface area contributed by atoms with E-state index in [9.17, 15) is 32.3 Å². The molecule has 0 radical (unpaired) electrons. The second kappa shape index (κ2) is 19.0. The highest BCUT2D eigenvalue weighted by Crippen LogP contribution is 2.30. The predicted octanol–water partition coefficient (Wildman–Crippen LogP) is 2.31. The number of benzene rings is 2. The van der Waals surface area contributed by atoms with Crippen LogP contribution in [0.5, 0.6) is 0 Å². The van der Waals surface area contributed by atoms with Crippen molar-refractivity contribution in [2.24, 2.45) is 11.7 Å². The smallest absolute Gasteiger partial charge is 0.475 e. The van der Waals surface area contributed by atoms with E-state index in [1.807, 2.05) is 80.7 Å². The summed E-state index contributed by atoms with van der Waals surface area (Å²) >= 11 is 1.63. The summed E-state index contributed by atoms with van der Waals surface area (Å²) in [4.78, 5) is 64.5. The fourth-order valence-electron chi connectivity index (χ4n) is 5.17. The minimum Gasteiger partial charge on any atom is -0.475 e. The highest BCUT2D eigenvalue weighted by molar-refractivity contribution is 7.98. The zero-order chi connectivity index (χ0) is 38.6. The van der Waals surface area contributed by atoms with Gasteiger partial charge in [0.2, 0.25) is 23.6 Å². The lowest BCUT2D eigenvalue weighted by atomic mass is 10.0. The molecule has 1 aliphatic heterocycles. The number of nitrogens with one attached hydrogen (secondary N) is 3. The van der Waals surface area contributed by atoms with Crippen molar-refractivity contribution >= 4 is 41.4 Å². The van der Waals surface area contributed by atoms with E-state index in [0.717, 1.165) is 16.2 Å². The number of carboxylic acids is 1. The molecule has 2 aromatic carbocycles. The Kier molecular flexibility index (Phi) is 15.2. The van der Waals surface area contributed by atoms with E-state index in [4.69, 9.17) is 15.6 Å². The Morgan fingerprint density at radius 1 is 1.00 bits per heavy atom. The number of halogens is 3. The molecule has 14 nitrogen and oxygen atoms in total. The van der Waals surface area contributed by atoms with Gasteiger partial charge in [-0.25, -0.2) is 9.48 Å². The van der Waals surface area contributed by atoms with Crippen molar-refractivity contribution in [1.29, 1.82) is 0 Å². The third-order valence-electron chi connectivity index (χ3n) is 8.17. The van der Waals surface area contributed by atoms with Crippen LogP contribution in [0.4, 0.5) is 13.2 Å². The van der Waals surface area contributed by atoms with Gasteiger partial charge < -0.3 is 31.7 Å². The lowest BCUT2D eigenvalue weighted by Crippen LogP contribution is -2.58. The molecule has 0 bridgehead atoms. The van der Waals surface area contributed by atoms with Crippen molar-refractivity contribution in [2.45, 2.75) is 80.6 Å². The monoisotopic (exact) mass is 748 g/mol. The highest BCUT2D eigenvalue weighted by Gasteiger charge is 2.44. The Bertz CT molecular complexity index is 1660. The van der Waals surface area contributed by atoms with Crippen molar-refractivity contribution in [3.8, 4) is 0 Å². The number of likely N-dealkylation sites (tertiary alicyclic amines) is 1. The zero-order valence-electron chi connectivity index (χ0n) is 29.0. The Morgan fingerprint density at radius 2 is 1.60 bits per heavy atom. The first kappa shape index (κ1) is 41.5. The first-order valence-corrected chi connectivity index (χ1v) is 17.3. The van der Waals surface area contributed by atoms with Crippen LogP contribution >= 0.6 is 11.8 Å². The van der Waals surface area contributed by atoms with Crippen LogP contribution in [-0.2, 0) is 36.1 Å². The van der Waals surface area contributed by atoms with Gasteiger partial charge >= 0.3 is 12.1 Å². The number of alkyl halides is 3. The number of thioether (sulfide) groups is 1. The summed E-state index contributed by atoms with van der Waals surface area (Å²) in [6.45, 7) is 5.56.